The van der Waals surface area contributed by atoms with Gasteiger partial charge in [0.2, 0.25) is 0 Å². The van der Waals surface area contributed by atoms with Crippen molar-refractivity contribution in [2.24, 2.45) is 0 Å². The molecule has 2 heterocycles. The SMILES string of the molecule is CCN1C(=O)/C(=C/c2cn(Cc3ccc(Cl)c(Cl)c3)c3ccccc23)NC1=S. The van der Waals surface area contributed by atoms with Crippen molar-refractivity contribution in [1.82, 2.24) is 14.8 Å². The van der Waals surface area contributed by atoms with Gasteiger partial charge in [0.1, 0.15) is 5.70 Å². The minimum atomic E-state index is -0.103. The van der Waals surface area contributed by atoms with Crippen LogP contribution in [0.2, 0.25) is 10.0 Å². The van der Waals surface area contributed by atoms with E-state index in [1.165, 1.54) is 0 Å². The molecule has 1 aliphatic rings. The molecule has 1 N–H and O–H groups in total. The third kappa shape index (κ3) is 3.41. The van der Waals surface area contributed by atoms with Crippen LogP contribution in [0.3, 0.4) is 0 Å². The highest BCUT2D eigenvalue weighted by molar-refractivity contribution is 7.80. The van der Waals surface area contributed by atoms with Crippen LogP contribution in [-0.2, 0) is 11.3 Å². The van der Waals surface area contributed by atoms with Crippen molar-refractivity contribution >= 4 is 63.4 Å². The van der Waals surface area contributed by atoms with Crippen LogP contribution in [0.1, 0.15) is 18.1 Å². The largest absolute Gasteiger partial charge is 0.342 e. The summed E-state index contributed by atoms with van der Waals surface area (Å²) in [5, 5.41) is 5.59. The van der Waals surface area contributed by atoms with E-state index in [0.29, 0.717) is 33.9 Å². The molecule has 3 aromatic rings. The Hall–Kier alpha value is -2.34. The number of rotatable bonds is 4. The maximum atomic E-state index is 12.5. The Morgan fingerprint density at radius 1 is 1.14 bits per heavy atom. The number of fused-ring (bicyclic) bond motifs is 1. The Labute approximate surface area is 178 Å². The van der Waals surface area contributed by atoms with Crippen molar-refractivity contribution in [3.05, 3.63) is 75.5 Å². The molecular formula is C21H17Cl2N3OS. The zero-order valence-electron chi connectivity index (χ0n) is 15.1. The number of para-hydroxylation sites is 1. The van der Waals surface area contributed by atoms with Crippen molar-refractivity contribution in [1.29, 1.82) is 0 Å². The monoisotopic (exact) mass is 429 g/mol. The van der Waals surface area contributed by atoms with Gasteiger partial charge in [-0.25, -0.2) is 0 Å². The van der Waals surface area contributed by atoms with Crippen LogP contribution in [0.15, 0.2) is 54.4 Å². The Morgan fingerprint density at radius 3 is 2.64 bits per heavy atom. The molecule has 0 saturated carbocycles. The first kappa shape index (κ1) is 19.0. The molecule has 0 unspecified atom stereocenters. The standard InChI is InChI=1S/C21H17Cl2N3OS/c1-2-26-20(27)18(24-21(26)28)10-14-12-25(19-6-4-3-5-15(14)19)11-13-7-8-16(22)17(23)9-13/h3-10,12H,2,11H2,1H3,(H,24,28)/b18-10-. The van der Waals surface area contributed by atoms with Gasteiger partial charge < -0.3 is 9.88 Å². The summed E-state index contributed by atoms with van der Waals surface area (Å²) in [5.41, 5.74) is 3.56. The summed E-state index contributed by atoms with van der Waals surface area (Å²) < 4.78 is 2.14. The van der Waals surface area contributed by atoms with Crippen LogP contribution < -0.4 is 5.32 Å². The Bertz CT molecular complexity index is 1140. The molecule has 1 fully saturated rings. The van der Waals surface area contributed by atoms with Crippen LogP contribution in [-0.4, -0.2) is 27.0 Å². The summed E-state index contributed by atoms with van der Waals surface area (Å²) in [6, 6.07) is 13.7. The number of likely N-dealkylation sites (N-methyl/N-ethyl adjacent to an activating group) is 1. The summed E-state index contributed by atoms with van der Waals surface area (Å²) in [6.45, 7) is 3.08. The lowest BCUT2D eigenvalue weighted by Crippen LogP contribution is -2.30. The molecule has 1 aliphatic heterocycles. The molecule has 4 rings (SSSR count). The van der Waals surface area contributed by atoms with Gasteiger partial charge in [0.25, 0.3) is 5.91 Å². The minimum Gasteiger partial charge on any atom is -0.342 e. The average Bonchev–Trinajstić information content (AvgIpc) is 3.15. The first-order valence-corrected chi connectivity index (χ1v) is 10.0. The van der Waals surface area contributed by atoms with E-state index >= 15 is 0 Å². The van der Waals surface area contributed by atoms with Gasteiger partial charge in [-0.05, 0) is 49.0 Å². The highest BCUT2D eigenvalue weighted by atomic mass is 35.5. The van der Waals surface area contributed by atoms with E-state index in [4.69, 9.17) is 35.4 Å². The van der Waals surface area contributed by atoms with Crippen molar-refractivity contribution in [2.75, 3.05) is 6.54 Å². The van der Waals surface area contributed by atoms with Gasteiger partial charge in [0.05, 0.1) is 10.0 Å². The van der Waals surface area contributed by atoms with E-state index in [1.807, 2.05) is 49.5 Å². The van der Waals surface area contributed by atoms with Gasteiger partial charge in [-0.3, -0.25) is 9.69 Å². The summed E-state index contributed by atoms with van der Waals surface area (Å²) in [7, 11) is 0. The molecule has 4 nitrogen and oxygen atoms in total. The third-order valence-electron chi connectivity index (χ3n) is 4.73. The van der Waals surface area contributed by atoms with E-state index in [2.05, 4.69) is 16.0 Å². The summed E-state index contributed by atoms with van der Waals surface area (Å²) in [6.07, 6.45) is 3.89. The predicted molar refractivity (Wildman–Crippen MR) is 119 cm³/mol. The minimum absolute atomic E-state index is 0.103. The maximum Gasteiger partial charge on any atom is 0.276 e. The van der Waals surface area contributed by atoms with Gasteiger partial charge in [-0.15, -0.1) is 0 Å². The molecule has 1 aromatic heterocycles. The van der Waals surface area contributed by atoms with E-state index in [1.54, 1.807) is 11.0 Å². The molecular weight excluding hydrogens is 413 g/mol. The van der Waals surface area contributed by atoms with Gasteiger partial charge >= 0.3 is 0 Å². The van der Waals surface area contributed by atoms with E-state index < -0.39 is 0 Å². The molecule has 0 aliphatic carbocycles. The Balaban J connectivity index is 1.75. The summed E-state index contributed by atoms with van der Waals surface area (Å²) in [4.78, 5) is 14.1. The lowest BCUT2D eigenvalue weighted by Gasteiger charge is -2.08. The third-order valence-corrected chi connectivity index (χ3v) is 5.80. The lowest BCUT2D eigenvalue weighted by molar-refractivity contribution is -0.122. The van der Waals surface area contributed by atoms with Crippen LogP contribution in [0.5, 0.6) is 0 Å². The first-order valence-electron chi connectivity index (χ1n) is 8.84. The normalized spacial score (nSPS) is 15.7. The van der Waals surface area contributed by atoms with Crippen molar-refractivity contribution < 1.29 is 4.79 Å². The topological polar surface area (TPSA) is 37.3 Å². The number of hydrogen-bond donors (Lipinski definition) is 1. The average molecular weight is 430 g/mol. The van der Waals surface area contributed by atoms with Crippen LogP contribution in [0.25, 0.3) is 17.0 Å². The number of benzene rings is 2. The zero-order chi connectivity index (χ0) is 19.8. The summed E-state index contributed by atoms with van der Waals surface area (Å²) in [5.74, 6) is -0.103. The number of thiocarbonyl (C=S) groups is 1. The second kappa shape index (κ2) is 7.59. The predicted octanol–water partition coefficient (Wildman–Crippen LogP) is 5.07. The molecule has 2 aromatic carbocycles. The first-order chi connectivity index (χ1) is 13.5. The van der Waals surface area contributed by atoms with E-state index in [9.17, 15) is 4.79 Å². The Kier molecular flexibility index (Phi) is 5.15. The molecule has 0 bridgehead atoms. The second-order valence-corrected chi connectivity index (χ2v) is 7.72. The fraction of sp³-hybridized carbons (Fsp3) is 0.143. The molecule has 0 atom stereocenters. The van der Waals surface area contributed by atoms with Gasteiger partial charge in [0.15, 0.2) is 5.11 Å². The highest BCUT2D eigenvalue weighted by Gasteiger charge is 2.29. The molecule has 1 amide bonds. The number of nitrogens with zero attached hydrogens (tertiary/aromatic N) is 2. The fourth-order valence-corrected chi connectivity index (χ4v) is 4.01. The van der Waals surface area contributed by atoms with Crippen LogP contribution in [0, 0.1) is 0 Å². The zero-order valence-corrected chi connectivity index (χ0v) is 17.4. The number of amides is 1. The molecule has 1 saturated heterocycles. The van der Waals surface area contributed by atoms with Crippen LogP contribution >= 0.6 is 35.4 Å². The number of aromatic nitrogens is 1. The Morgan fingerprint density at radius 2 is 1.93 bits per heavy atom. The molecule has 7 heteroatoms. The van der Waals surface area contributed by atoms with Crippen LogP contribution in [0.4, 0.5) is 0 Å². The fourth-order valence-electron chi connectivity index (χ4n) is 3.37. The quantitative estimate of drug-likeness (QED) is 0.464. The maximum absolute atomic E-state index is 12.5. The number of nitrogens with one attached hydrogen (secondary N) is 1. The lowest BCUT2D eigenvalue weighted by atomic mass is 10.1. The molecule has 28 heavy (non-hydrogen) atoms. The summed E-state index contributed by atoms with van der Waals surface area (Å²) >= 11 is 17.4. The van der Waals surface area contributed by atoms with Gasteiger partial charge in [0, 0.05) is 35.8 Å². The smallest absolute Gasteiger partial charge is 0.276 e. The van der Waals surface area contributed by atoms with E-state index in [0.717, 1.165) is 22.0 Å². The highest BCUT2D eigenvalue weighted by Crippen LogP contribution is 2.27. The van der Waals surface area contributed by atoms with E-state index in [-0.39, 0.29) is 5.91 Å². The molecule has 0 radical (unpaired) electrons. The van der Waals surface area contributed by atoms with Crippen molar-refractivity contribution in [3.63, 3.8) is 0 Å². The van der Waals surface area contributed by atoms with Gasteiger partial charge in [-0.1, -0.05) is 47.5 Å². The van der Waals surface area contributed by atoms with Crippen molar-refractivity contribution in [3.8, 4) is 0 Å². The number of carbonyl (C=O) groups excluding carboxylic acids is 1. The van der Waals surface area contributed by atoms with Gasteiger partial charge in [-0.2, -0.15) is 0 Å². The number of halogens is 2. The molecule has 0 spiro atoms. The number of hydrogen-bond acceptors (Lipinski definition) is 2. The van der Waals surface area contributed by atoms with Crippen molar-refractivity contribution in [2.45, 2.75) is 13.5 Å². The number of carbonyl (C=O) groups is 1. The second-order valence-electron chi connectivity index (χ2n) is 6.52. The molecule has 142 valence electrons.